The number of hydrogen-bond acceptors (Lipinski definition) is 4. The maximum Gasteiger partial charge on any atom is 0.326 e. The van der Waals surface area contributed by atoms with Crippen molar-refractivity contribution in [3.8, 4) is 0 Å². The fourth-order valence-electron chi connectivity index (χ4n) is 1.45. The Labute approximate surface area is 107 Å². The molecule has 0 saturated heterocycles. The topological polar surface area (TPSA) is 132 Å². The third-order valence-electron chi connectivity index (χ3n) is 2.39. The molecule has 0 aliphatic rings. The average molecular weight is 269 g/mol. The maximum absolute atomic E-state index is 11.8. The molecule has 0 fully saturated rings. The largest absolute Gasteiger partial charge is 0.480 e. The van der Waals surface area contributed by atoms with E-state index in [1.807, 2.05) is 4.98 Å². The van der Waals surface area contributed by atoms with Crippen LogP contribution in [-0.2, 0) is 4.79 Å². The molecule has 0 aliphatic carbocycles. The van der Waals surface area contributed by atoms with Crippen LogP contribution in [0.25, 0.3) is 0 Å². The molecule has 8 nitrogen and oxygen atoms in total. The summed E-state index contributed by atoms with van der Waals surface area (Å²) in [6.07, 6.45) is 0. The van der Waals surface area contributed by atoms with Gasteiger partial charge in [0.05, 0.1) is 0 Å². The third-order valence-corrected chi connectivity index (χ3v) is 2.39. The second-order valence-electron chi connectivity index (χ2n) is 5.11. The summed E-state index contributed by atoms with van der Waals surface area (Å²) in [4.78, 5) is 49.0. The Morgan fingerprint density at radius 2 is 1.84 bits per heavy atom. The van der Waals surface area contributed by atoms with Gasteiger partial charge in [-0.05, 0) is 5.41 Å². The summed E-state index contributed by atoms with van der Waals surface area (Å²) >= 11 is 0. The Balaban J connectivity index is 3.04. The molecule has 0 saturated carbocycles. The van der Waals surface area contributed by atoms with Crippen molar-refractivity contribution < 1.29 is 14.7 Å². The third kappa shape index (κ3) is 3.80. The second-order valence-corrected chi connectivity index (χ2v) is 5.11. The number of nitrogens with one attached hydrogen (secondary N) is 3. The minimum absolute atomic E-state index is 0.288. The highest BCUT2D eigenvalue weighted by Crippen LogP contribution is 2.19. The Morgan fingerprint density at radius 1 is 1.26 bits per heavy atom. The number of amides is 1. The minimum atomic E-state index is -1.20. The fourth-order valence-corrected chi connectivity index (χ4v) is 1.45. The summed E-state index contributed by atoms with van der Waals surface area (Å²) in [7, 11) is 0. The lowest BCUT2D eigenvalue weighted by Crippen LogP contribution is -2.49. The molecule has 1 rings (SSSR count). The molecule has 1 aromatic heterocycles. The second kappa shape index (κ2) is 5.09. The Bertz CT molecular complexity index is 579. The molecule has 0 aliphatic heterocycles. The molecule has 0 aromatic carbocycles. The van der Waals surface area contributed by atoms with Crippen molar-refractivity contribution in [3.63, 3.8) is 0 Å². The van der Waals surface area contributed by atoms with Gasteiger partial charge < -0.3 is 15.4 Å². The number of hydrogen-bond donors (Lipinski definition) is 4. The first-order valence-corrected chi connectivity index (χ1v) is 5.48. The number of aliphatic carboxylic acids is 1. The van der Waals surface area contributed by atoms with Gasteiger partial charge in [0, 0.05) is 6.07 Å². The van der Waals surface area contributed by atoms with Crippen LogP contribution in [0.5, 0.6) is 0 Å². The van der Waals surface area contributed by atoms with E-state index >= 15 is 0 Å². The molecule has 1 heterocycles. The van der Waals surface area contributed by atoms with Crippen molar-refractivity contribution >= 4 is 11.9 Å². The Hall–Kier alpha value is -2.38. The van der Waals surface area contributed by atoms with Crippen LogP contribution in [0.2, 0.25) is 0 Å². The number of carbonyl (C=O) groups excluding carboxylic acids is 1. The summed E-state index contributed by atoms with van der Waals surface area (Å²) < 4.78 is 0. The van der Waals surface area contributed by atoms with Crippen molar-refractivity contribution in [1.82, 2.24) is 15.3 Å². The van der Waals surface area contributed by atoms with Gasteiger partial charge in [0.25, 0.3) is 11.5 Å². The van der Waals surface area contributed by atoms with Crippen molar-refractivity contribution in [2.75, 3.05) is 0 Å². The predicted molar refractivity (Wildman–Crippen MR) is 66.0 cm³/mol. The summed E-state index contributed by atoms with van der Waals surface area (Å²) in [5, 5.41) is 11.3. The predicted octanol–water partition coefficient (Wildman–Crippen LogP) is -0.708. The summed E-state index contributed by atoms with van der Waals surface area (Å²) in [6.45, 7) is 4.94. The monoisotopic (exact) mass is 269 g/mol. The van der Waals surface area contributed by atoms with E-state index < -0.39 is 34.6 Å². The van der Waals surface area contributed by atoms with Gasteiger partial charge >= 0.3 is 11.7 Å². The van der Waals surface area contributed by atoms with Gasteiger partial charge in [-0.3, -0.25) is 14.6 Å². The van der Waals surface area contributed by atoms with Gasteiger partial charge in [-0.25, -0.2) is 9.59 Å². The lowest BCUT2D eigenvalue weighted by atomic mass is 9.86. The van der Waals surface area contributed by atoms with Crippen LogP contribution in [0.3, 0.4) is 0 Å². The first-order chi connectivity index (χ1) is 8.61. The number of carboxylic acids is 1. The lowest BCUT2D eigenvalue weighted by molar-refractivity contribution is -0.142. The molecule has 0 bridgehead atoms. The fraction of sp³-hybridized carbons (Fsp3) is 0.455. The van der Waals surface area contributed by atoms with E-state index in [4.69, 9.17) is 5.11 Å². The molecular weight excluding hydrogens is 254 g/mol. The zero-order valence-corrected chi connectivity index (χ0v) is 10.7. The average Bonchev–Trinajstić information content (AvgIpc) is 2.21. The standard InChI is InChI=1S/C11H15N3O5/c1-11(2,3)7(9(17)18)14-8(16)5-4-6(15)13-10(19)12-5/h4,7H,1-3H3,(H,14,16)(H,17,18)(H2,12,13,15,19)/t7-/m1/s1. The van der Waals surface area contributed by atoms with Crippen molar-refractivity contribution in [2.45, 2.75) is 26.8 Å². The van der Waals surface area contributed by atoms with Crippen LogP contribution >= 0.6 is 0 Å². The molecule has 19 heavy (non-hydrogen) atoms. The highest BCUT2D eigenvalue weighted by Gasteiger charge is 2.33. The van der Waals surface area contributed by atoms with E-state index in [-0.39, 0.29) is 5.69 Å². The van der Waals surface area contributed by atoms with Crippen LogP contribution in [0.15, 0.2) is 15.7 Å². The quantitative estimate of drug-likeness (QED) is 0.575. The molecule has 8 heteroatoms. The van der Waals surface area contributed by atoms with E-state index in [2.05, 4.69) is 10.3 Å². The minimum Gasteiger partial charge on any atom is -0.480 e. The van der Waals surface area contributed by atoms with E-state index in [0.717, 1.165) is 6.07 Å². The molecule has 0 spiro atoms. The van der Waals surface area contributed by atoms with Gasteiger partial charge in [0.1, 0.15) is 11.7 Å². The number of aromatic amines is 2. The molecule has 1 atom stereocenters. The SMILES string of the molecule is CC(C)(C)[C@H](NC(=O)c1cc(=O)[nH]c(=O)[nH]1)C(=O)O. The van der Waals surface area contributed by atoms with Crippen molar-refractivity contribution in [3.05, 3.63) is 32.6 Å². The zero-order chi connectivity index (χ0) is 14.8. The number of rotatable bonds is 3. The normalized spacial score (nSPS) is 12.8. The van der Waals surface area contributed by atoms with Gasteiger partial charge in [-0.15, -0.1) is 0 Å². The van der Waals surface area contributed by atoms with Crippen LogP contribution < -0.4 is 16.6 Å². The number of carbonyl (C=O) groups is 2. The highest BCUT2D eigenvalue weighted by atomic mass is 16.4. The number of carboxylic acid groups (broad SMARTS) is 1. The molecule has 1 amide bonds. The first kappa shape index (κ1) is 14.7. The molecule has 4 N–H and O–H groups in total. The molecule has 1 aromatic rings. The number of H-pyrrole nitrogens is 2. The van der Waals surface area contributed by atoms with Crippen LogP contribution in [0.1, 0.15) is 31.3 Å². The van der Waals surface area contributed by atoms with E-state index in [1.54, 1.807) is 20.8 Å². The van der Waals surface area contributed by atoms with Gasteiger partial charge in [-0.2, -0.15) is 0 Å². The summed E-state index contributed by atoms with van der Waals surface area (Å²) in [5.74, 6) is -2.03. The van der Waals surface area contributed by atoms with Crippen LogP contribution in [0.4, 0.5) is 0 Å². The van der Waals surface area contributed by atoms with Crippen LogP contribution in [0, 0.1) is 5.41 Å². The molecule has 0 radical (unpaired) electrons. The van der Waals surface area contributed by atoms with E-state index in [1.165, 1.54) is 0 Å². The highest BCUT2D eigenvalue weighted by molar-refractivity contribution is 5.95. The lowest BCUT2D eigenvalue weighted by Gasteiger charge is -2.27. The number of aromatic nitrogens is 2. The van der Waals surface area contributed by atoms with Gasteiger partial charge in [0.15, 0.2) is 0 Å². The van der Waals surface area contributed by atoms with E-state index in [0.29, 0.717) is 0 Å². The van der Waals surface area contributed by atoms with Gasteiger partial charge in [0.2, 0.25) is 0 Å². The molecule has 0 unspecified atom stereocenters. The van der Waals surface area contributed by atoms with Crippen LogP contribution in [-0.4, -0.2) is 33.0 Å². The van der Waals surface area contributed by atoms with Crippen molar-refractivity contribution in [2.24, 2.45) is 5.41 Å². The van der Waals surface area contributed by atoms with Crippen molar-refractivity contribution in [1.29, 1.82) is 0 Å². The smallest absolute Gasteiger partial charge is 0.326 e. The molecular formula is C11H15N3O5. The van der Waals surface area contributed by atoms with Gasteiger partial charge in [-0.1, -0.05) is 20.8 Å². The summed E-state index contributed by atoms with van der Waals surface area (Å²) in [5.41, 5.74) is -2.58. The maximum atomic E-state index is 11.8. The Kier molecular flexibility index (Phi) is 3.93. The van der Waals surface area contributed by atoms with E-state index in [9.17, 15) is 19.2 Å². The Morgan fingerprint density at radius 3 is 2.26 bits per heavy atom. The first-order valence-electron chi connectivity index (χ1n) is 5.48. The molecule has 104 valence electrons. The summed E-state index contributed by atoms with van der Waals surface area (Å²) in [6, 6.07) is -0.263. The zero-order valence-electron chi connectivity index (χ0n) is 10.7.